The van der Waals surface area contributed by atoms with Gasteiger partial charge in [-0.3, -0.25) is 0 Å². The molecule has 0 aliphatic carbocycles. The van der Waals surface area contributed by atoms with Crippen LogP contribution >= 0.6 is 0 Å². The van der Waals surface area contributed by atoms with Gasteiger partial charge < -0.3 is 10.6 Å². The molecule has 1 aromatic heterocycles. The van der Waals surface area contributed by atoms with Gasteiger partial charge in [-0.2, -0.15) is 0 Å². The highest BCUT2D eigenvalue weighted by molar-refractivity contribution is 5.54. The lowest BCUT2D eigenvalue weighted by Gasteiger charge is -2.33. The molecule has 0 atom stereocenters. The molecule has 0 unspecified atom stereocenters. The van der Waals surface area contributed by atoms with E-state index in [1.54, 1.807) is 0 Å². The zero-order chi connectivity index (χ0) is 14.7. The van der Waals surface area contributed by atoms with E-state index < -0.39 is 0 Å². The van der Waals surface area contributed by atoms with E-state index in [1.807, 2.05) is 19.2 Å². The second kappa shape index (κ2) is 6.17. The number of nitrogen functional groups attached to an aromatic ring is 1. The Morgan fingerprint density at radius 3 is 2.57 bits per heavy atom. The Balaban J connectivity index is 1.58. The molecular formula is C18H23N3. The first-order valence-corrected chi connectivity index (χ1v) is 7.73. The van der Waals surface area contributed by atoms with Crippen molar-refractivity contribution >= 4 is 11.5 Å². The molecule has 0 amide bonds. The monoisotopic (exact) mass is 281 g/mol. The predicted molar refractivity (Wildman–Crippen MR) is 88.5 cm³/mol. The number of nitrogens with two attached hydrogens (primary N) is 1. The Bertz CT molecular complexity index is 587. The van der Waals surface area contributed by atoms with Crippen LogP contribution in [0.2, 0.25) is 0 Å². The van der Waals surface area contributed by atoms with Gasteiger partial charge in [0.2, 0.25) is 0 Å². The third-order valence-electron chi connectivity index (χ3n) is 4.44. The number of benzene rings is 1. The molecule has 1 aromatic carbocycles. The van der Waals surface area contributed by atoms with Crippen molar-refractivity contribution < 1.29 is 0 Å². The summed E-state index contributed by atoms with van der Waals surface area (Å²) in [6, 6.07) is 12.8. The Hall–Kier alpha value is -2.03. The lowest BCUT2D eigenvalue weighted by molar-refractivity contribution is 0.402. The van der Waals surface area contributed by atoms with Crippen molar-refractivity contribution in [2.24, 2.45) is 5.92 Å². The van der Waals surface area contributed by atoms with Gasteiger partial charge in [0, 0.05) is 31.0 Å². The fourth-order valence-corrected chi connectivity index (χ4v) is 3.01. The summed E-state index contributed by atoms with van der Waals surface area (Å²) in [6.07, 6.45) is 5.52. The zero-order valence-corrected chi connectivity index (χ0v) is 12.6. The maximum atomic E-state index is 5.99. The average Bonchev–Trinajstić information content (AvgIpc) is 2.52. The summed E-state index contributed by atoms with van der Waals surface area (Å²) in [5.41, 5.74) is 9.34. The Morgan fingerprint density at radius 2 is 1.90 bits per heavy atom. The van der Waals surface area contributed by atoms with Gasteiger partial charge >= 0.3 is 0 Å². The molecule has 0 bridgehead atoms. The van der Waals surface area contributed by atoms with Crippen LogP contribution in [0.15, 0.2) is 42.6 Å². The van der Waals surface area contributed by atoms with Crippen LogP contribution in [0.5, 0.6) is 0 Å². The van der Waals surface area contributed by atoms with E-state index in [0.717, 1.165) is 36.1 Å². The SMILES string of the molecule is Cc1cnc(N2CCC(Cc3ccccc3)CC2)cc1N. The molecule has 1 fully saturated rings. The second-order valence-electron chi connectivity index (χ2n) is 6.02. The van der Waals surface area contributed by atoms with E-state index >= 15 is 0 Å². The Morgan fingerprint density at radius 1 is 1.19 bits per heavy atom. The van der Waals surface area contributed by atoms with E-state index in [9.17, 15) is 0 Å². The third kappa shape index (κ3) is 3.35. The average molecular weight is 281 g/mol. The summed E-state index contributed by atoms with van der Waals surface area (Å²) in [4.78, 5) is 6.88. The first-order chi connectivity index (χ1) is 10.2. The van der Waals surface area contributed by atoms with Crippen molar-refractivity contribution in [2.45, 2.75) is 26.2 Å². The van der Waals surface area contributed by atoms with Crippen LogP contribution in [-0.4, -0.2) is 18.1 Å². The largest absolute Gasteiger partial charge is 0.398 e. The molecular weight excluding hydrogens is 258 g/mol. The third-order valence-corrected chi connectivity index (χ3v) is 4.44. The predicted octanol–water partition coefficient (Wildman–Crippen LogP) is 3.43. The van der Waals surface area contributed by atoms with Crippen LogP contribution in [0.1, 0.15) is 24.0 Å². The van der Waals surface area contributed by atoms with Gasteiger partial charge in [0.25, 0.3) is 0 Å². The number of rotatable bonds is 3. The molecule has 1 aliphatic heterocycles. The van der Waals surface area contributed by atoms with Crippen molar-refractivity contribution in [1.29, 1.82) is 0 Å². The van der Waals surface area contributed by atoms with Gasteiger partial charge in [0.15, 0.2) is 0 Å². The first kappa shape index (κ1) is 13.9. The molecule has 3 nitrogen and oxygen atoms in total. The molecule has 2 N–H and O–H groups in total. The maximum absolute atomic E-state index is 5.99. The van der Waals surface area contributed by atoms with Crippen molar-refractivity contribution in [2.75, 3.05) is 23.7 Å². The normalized spacial score (nSPS) is 16.1. The number of aromatic nitrogens is 1. The molecule has 2 aromatic rings. The van der Waals surface area contributed by atoms with Crippen molar-refractivity contribution in [3.05, 3.63) is 53.7 Å². The van der Waals surface area contributed by atoms with E-state index in [-0.39, 0.29) is 0 Å². The Labute approximate surface area is 126 Å². The van der Waals surface area contributed by atoms with Gasteiger partial charge in [-0.05, 0) is 43.2 Å². The van der Waals surface area contributed by atoms with Crippen LogP contribution in [0.3, 0.4) is 0 Å². The lowest BCUT2D eigenvalue weighted by Crippen LogP contribution is -2.34. The van der Waals surface area contributed by atoms with Gasteiger partial charge in [0.05, 0.1) is 0 Å². The number of hydrogen-bond donors (Lipinski definition) is 1. The van der Waals surface area contributed by atoms with Crippen molar-refractivity contribution in [3.63, 3.8) is 0 Å². The second-order valence-corrected chi connectivity index (χ2v) is 6.02. The number of hydrogen-bond acceptors (Lipinski definition) is 3. The van der Waals surface area contributed by atoms with E-state index in [4.69, 9.17) is 5.73 Å². The molecule has 2 heterocycles. The van der Waals surface area contributed by atoms with Crippen LogP contribution in [-0.2, 0) is 6.42 Å². The number of piperidine rings is 1. The van der Waals surface area contributed by atoms with E-state index in [1.165, 1.54) is 24.8 Å². The minimum atomic E-state index is 0.784. The van der Waals surface area contributed by atoms with Gasteiger partial charge in [-0.25, -0.2) is 4.98 Å². The Kier molecular flexibility index (Phi) is 4.09. The number of pyridine rings is 1. The van der Waals surface area contributed by atoms with E-state index in [0.29, 0.717) is 0 Å². The smallest absolute Gasteiger partial charge is 0.130 e. The molecule has 21 heavy (non-hydrogen) atoms. The fourth-order valence-electron chi connectivity index (χ4n) is 3.01. The summed E-state index contributed by atoms with van der Waals surface area (Å²) in [5.74, 6) is 1.81. The summed E-state index contributed by atoms with van der Waals surface area (Å²) < 4.78 is 0. The van der Waals surface area contributed by atoms with Crippen LogP contribution in [0, 0.1) is 12.8 Å². The standard InChI is InChI=1S/C18H23N3/c1-14-13-20-18(12-17(14)19)21-9-7-16(8-10-21)11-15-5-3-2-4-6-15/h2-6,12-13,16H,7-11H2,1H3,(H2,19,20). The van der Waals surface area contributed by atoms with Crippen molar-refractivity contribution in [1.82, 2.24) is 4.98 Å². The zero-order valence-electron chi connectivity index (χ0n) is 12.6. The number of nitrogens with zero attached hydrogens (tertiary/aromatic N) is 2. The highest BCUT2D eigenvalue weighted by atomic mass is 15.2. The number of aryl methyl sites for hydroxylation is 1. The molecule has 3 heteroatoms. The minimum Gasteiger partial charge on any atom is -0.398 e. The highest BCUT2D eigenvalue weighted by Gasteiger charge is 2.20. The molecule has 0 spiro atoms. The van der Waals surface area contributed by atoms with Gasteiger partial charge in [-0.1, -0.05) is 30.3 Å². The quantitative estimate of drug-likeness (QED) is 0.937. The molecule has 3 rings (SSSR count). The van der Waals surface area contributed by atoms with Gasteiger partial charge in [-0.15, -0.1) is 0 Å². The topological polar surface area (TPSA) is 42.2 Å². The molecule has 1 aliphatic rings. The molecule has 110 valence electrons. The number of anilines is 2. The minimum absolute atomic E-state index is 0.784. The summed E-state index contributed by atoms with van der Waals surface area (Å²) in [7, 11) is 0. The van der Waals surface area contributed by atoms with Crippen LogP contribution < -0.4 is 10.6 Å². The van der Waals surface area contributed by atoms with E-state index in [2.05, 4.69) is 40.2 Å². The summed E-state index contributed by atoms with van der Waals surface area (Å²) >= 11 is 0. The van der Waals surface area contributed by atoms with Crippen molar-refractivity contribution in [3.8, 4) is 0 Å². The fraction of sp³-hybridized carbons (Fsp3) is 0.389. The summed E-state index contributed by atoms with van der Waals surface area (Å²) in [6.45, 7) is 4.15. The molecule has 1 saturated heterocycles. The summed E-state index contributed by atoms with van der Waals surface area (Å²) in [5, 5.41) is 0. The van der Waals surface area contributed by atoms with Crippen LogP contribution in [0.4, 0.5) is 11.5 Å². The van der Waals surface area contributed by atoms with Gasteiger partial charge in [0.1, 0.15) is 5.82 Å². The lowest BCUT2D eigenvalue weighted by atomic mass is 9.90. The maximum Gasteiger partial charge on any atom is 0.130 e. The highest BCUT2D eigenvalue weighted by Crippen LogP contribution is 2.26. The molecule has 0 saturated carbocycles. The van der Waals surface area contributed by atoms with Crippen LogP contribution in [0.25, 0.3) is 0 Å². The first-order valence-electron chi connectivity index (χ1n) is 7.73. The molecule has 0 radical (unpaired) electrons.